The Labute approximate surface area is 98.3 Å². The number of ether oxygens (including phenoxy) is 1. The predicted molar refractivity (Wildman–Crippen MR) is 65.3 cm³/mol. The van der Waals surface area contributed by atoms with E-state index in [9.17, 15) is 4.79 Å². The van der Waals surface area contributed by atoms with Crippen molar-refractivity contribution in [2.24, 2.45) is 10.8 Å². The number of rotatable bonds is 3. The van der Waals surface area contributed by atoms with Crippen LogP contribution in [0.5, 0.6) is 0 Å². The first kappa shape index (κ1) is 12.1. The van der Waals surface area contributed by atoms with Crippen molar-refractivity contribution in [3.8, 4) is 0 Å². The number of esters is 1. The zero-order valence-corrected chi connectivity index (χ0v) is 9.45. The molecular weight excluding hydrogens is 226 g/mol. The molecule has 0 aliphatic heterocycles. The summed E-state index contributed by atoms with van der Waals surface area (Å²) in [5.41, 5.74) is 8.92. The van der Waals surface area contributed by atoms with Crippen LogP contribution in [0, 0.1) is 0 Å². The van der Waals surface area contributed by atoms with Gasteiger partial charge >= 0.3 is 5.97 Å². The lowest BCUT2D eigenvalue weighted by Gasteiger charge is -1.99. The summed E-state index contributed by atoms with van der Waals surface area (Å²) in [5.74, 6) is -0.371. The minimum absolute atomic E-state index is 0.0995. The summed E-state index contributed by atoms with van der Waals surface area (Å²) < 4.78 is 4.57. The Hall–Kier alpha value is -1.95. The van der Waals surface area contributed by atoms with Gasteiger partial charge in [-0.15, -0.1) is 0 Å². The van der Waals surface area contributed by atoms with Gasteiger partial charge in [-0.25, -0.2) is 4.79 Å². The molecule has 16 heavy (non-hydrogen) atoms. The van der Waals surface area contributed by atoms with Crippen LogP contribution < -0.4 is 11.2 Å². The van der Waals surface area contributed by atoms with E-state index in [2.05, 4.69) is 27.5 Å². The van der Waals surface area contributed by atoms with Gasteiger partial charge in [-0.1, -0.05) is 12.1 Å². The van der Waals surface area contributed by atoms with Gasteiger partial charge in [0.05, 0.1) is 18.9 Å². The van der Waals surface area contributed by atoms with E-state index in [0.29, 0.717) is 5.56 Å². The molecule has 0 saturated carbocycles. The van der Waals surface area contributed by atoms with Gasteiger partial charge in [-0.3, -0.25) is 5.43 Å². The molecule has 0 bridgehead atoms. The highest BCUT2D eigenvalue weighted by atomic mass is 32.1. The number of methoxy groups -OCH3 is 1. The fourth-order valence-electron chi connectivity index (χ4n) is 0.994. The van der Waals surface area contributed by atoms with Gasteiger partial charge in [0.15, 0.2) is 5.11 Å². The molecule has 3 N–H and O–H groups in total. The third-order valence-electron chi connectivity index (χ3n) is 1.72. The molecule has 5 nitrogen and oxygen atoms in total. The van der Waals surface area contributed by atoms with Crippen LogP contribution in [-0.4, -0.2) is 24.4 Å². The molecule has 0 aromatic heterocycles. The van der Waals surface area contributed by atoms with Crippen LogP contribution in [-0.2, 0) is 4.74 Å². The van der Waals surface area contributed by atoms with Crippen LogP contribution in [0.1, 0.15) is 15.9 Å². The van der Waals surface area contributed by atoms with Crippen LogP contribution in [0.3, 0.4) is 0 Å². The number of hydrazone groups is 1. The molecule has 1 aromatic carbocycles. The molecule has 0 heterocycles. The summed E-state index contributed by atoms with van der Waals surface area (Å²) in [5, 5.41) is 3.88. The van der Waals surface area contributed by atoms with E-state index < -0.39 is 0 Å². The quantitative estimate of drug-likeness (QED) is 0.349. The van der Waals surface area contributed by atoms with Crippen molar-refractivity contribution in [2.75, 3.05) is 7.11 Å². The standard InChI is InChI=1S/C10H11N3O2S/c1-15-9(14)8-4-2-7(3-5-8)6-12-13-10(11)16/h2-6H,1H3,(H3,11,13,16)/b12-6+. The average Bonchev–Trinajstić information content (AvgIpc) is 2.28. The second kappa shape index (κ2) is 5.82. The molecule has 1 aromatic rings. The summed E-state index contributed by atoms with van der Waals surface area (Å²) in [6.07, 6.45) is 1.54. The van der Waals surface area contributed by atoms with Gasteiger partial charge in [0, 0.05) is 0 Å². The first-order valence-electron chi connectivity index (χ1n) is 4.40. The topological polar surface area (TPSA) is 76.7 Å². The lowest BCUT2D eigenvalue weighted by atomic mass is 10.1. The molecule has 1 rings (SSSR count). The number of hydrogen-bond acceptors (Lipinski definition) is 4. The number of carbonyl (C=O) groups is 1. The maximum Gasteiger partial charge on any atom is 0.337 e. The summed E-state index contributed by atoms with van der Waals surface area (Å²) in [6, 6.07) is 6.76. The number of thiocarbonyl (C=S) groups is 1. The Morgan fingerprint density at radius 1 is 1.50 bits per heavy atom. The maximum absolute atomic E-state index is 11.1. The predicted octanol–water partition coefficient (Wildman–Crippen LogP) is 0.640. The molecule has 0 spiro atoms. The molecule has 0 aliphatic carbocycles. The van der Waals surface area contributed by atoms with Gasteiger partial charge in [0.2, 0.25) is 0 Å². The molecule has 0 amide bonds. The molecular formula is C10H11N3O2S. The van der Waals surface area contributed by atoms with Crippen molar-refractivity contribution >= 4 is 29.5 Å². The first-order valence-corrected chi connectivity index (χ1v) is 4.81. The zero-order valence-electron chi connectivity index (χ0n) is 8.64. The lowest BCUT2D eigenvalue weighted by Crippen LogP contribution is -2.23. The molecule has 0 unspecified atom stereocenters. The molecule has 0 aliphatic rings. The molecule has 84 valence electrons. The van der Waals surface area contributed by atoms with Gasteiger partial charge in [-0.05, 0) is 29.9 Å². The largest absolute Gasteiger partial charge is 0.465 e. The van der Waals surface area contributed by atoms with E-state index in [-0.39, 0.29) is 11.1 Å². The van der Waals surface area contributed by atoms with E-state index in [1.165, 1.54) is 7.11 Å². The molecule has 0 saturated heterocycles. The fourth-order valence-corrected chi connectivity index (χ4v) is 1.05. The second-order valence-corrected chi connectivity index (χ2v) is 3.29. The summed E-state index contributed by atoms with van der Waals surface area (Å²) in [6.45, 7) is 0. The Bertz CT molecular complexity index is 415. The third kappa shape index (κ3) is 3.66. The number of nitrogens with zero attached hydrogens (tertiary/aromatic N) is 1. The van der Waals surface area contributed by atoms with Crippen molar-refractivity contribution in [2.45, 2.75) is 0 Å². The second-order valence-electron chi connectivity index (χ2n) is 2.85. The van der Waals surface area contributed by atoms with Crippen LogP contribution >= 0.6 is 12.2 Å². The Morgan fingerprint density at radius 2 is 2.12 bits per heavy atom. The minimum Gasteiger partial charge on any atom is -0.465 e. The number of hydrogen-bond donors (Lipinski definition) is 2. The van der Waals surface area contributed by atoms with Gasteiger partial charge in [0.1, 0.15) is 0 Å². The van der Waals surface area contributed by atoms with Crippen LogP contribution in [0.2, 0.25) is 0 Å². The zero-order chi connectivity index (χ0) is 12.0. The number of carbonyl (C=O) groups excluding carboxylic acids is 1. The van der Waals surface area contributed by atoms with Crippen LogP contribution in [0.15, 0.2) is 29.4 Å². The van der Waals surface area contributed by atoms with Gasteiger partial charge in [0.25, 0.3) is 0 Å². The third-order valence-corrected chi connectivity index (χ3v) is 1.81. The molecule has 0 atom stereocenters. The Balaban J connectivity index is 2.68. The fraction of sp³-hybridized carbons (Fsp3) is 0.100. The highest BCUT2D eigenvalue weighted by molar-refractivity contribution is 7.80. The van der Waals surface area contributed by atoms with Crippen molar-refractivity contribution in [3.05, 3.63) is 35.4 Å². The molecule has 6 heteroatoms. The van der Waals surface area contributed by atoms with Gasteiger partial charge < -0.3 is 10.5 Å². The SMILES string of the molecule is COC(=O)c1ccc(/C=N/NC(N)=S)cc1. The van der Waals surface area contributed by atoms with Crippen LogP contribution in [0.4, 0.5) is 0 Å². The number of nitrogens with one attached hydrogen (secondary N) is 1. The van der Waals surface area contributed by atoms with Crippen molar-refractivity contribution < 1.29 is 9.53 Å². The molecule has 0 fully saturated rings. The van der Waals surface area contributed by atoms with Crippen molar-refractivity contribution in [3.63, 3.8) is 0 Å². The van der Waals surface area contributed by atoms with Crippen molar-refractivity contribution in [1.29, 1.82) is 0 Å². The average molecular weight is 237 g/mol. The normalized spacial score (nSPS) is 10.1. The number of benzene rings is 1. The number of nitrogens with two attached hydrogens (primary N) is 1. The monoisotopic (exact) mass is 237 g/mol. The van der Waals surface area contributed by atoms with Gasteiger partial charge in [-0.2, -0.15) is 5.10 Å². The highest BCUT2D eigenvalue weighted by Gasteiger charge is 2.02. The highest BCUT2D eigenvalue weighted by Crippen LogP contribution is 2.03. The van der Waals surface area contributed by atoms with E-state index >= 15 is 0 Å². The Kier molecular flexibility index (Phi) is 4.41. The van der Waals surface area contributed by atoms with E-state index in [0.717, 1.165) is 5.56 Å². The smallest absolute Gasteiger partial charge is 0.337 e. The summed E-state index contributed by atoms with van der Waals surface area (Å²) in [7, 11) is 1.34. The molecule has 0 radical (unpaired) electrons. The Morgan fingerprint density at radius 3 is 2.62 bits per heavy atom. The summed E-state index contributed by atoms with van der Waals surface area (Å²) in [4.78, 5) is 11.1. The van der Waals surface area contributed by atoms with E-state index in [1.54, 1.807) is 30.5 Å². The van der Waals surface area contributed by atoms with Crippen molar-refractivity contribution in [1.82, 2.24) is 5.43 Å². The van der Waals surface area contributed by atoms with E-state index in [1.807, 2.05) is 0 Å². The summed E-state index contributed by atoms with van der Waals surface area (Å²) >= 11 is 4.57. The lowest BCUT2D eigenvalue weighted by molar-refractivity contribution is 0.0601. The first-order chi connectivity index (χ1) is 7.63. The van der Waals surface area contributed by atoms with Crippen LogP contribution in [0.25, 0.3) is 0 Å². The van der Waals surface area contributed by atoms with E-state index in [4.69, 9.17) is 5.73 Å². The maximum atomic E-state index is 11.1. The minimum atomic E-state index is -0.371.